The Labute approximate surface area is 214 Å². The molecular formula is C30H32NPTi. The summed E-state index contributed by atoms with van der Waals surface area (Å²) in [4.78, 5) is 0. The summed E-state index contributed by atoms with van der Waals surface area (Å²) in [6.45, 7) is 13.1. The van der Waals surface area contributed by atoms with Crippen molar-refractivity contribution in [2.24, 2.45) is 4.74 Å². The Morgan fingerprint density at radius 2 is 1.03 bits per heavy atom. The maximum atomic E-state index is 5.52. The summed E-state index contributed by atoms with van der Waals surface area (Å²) < 4.78 is 5.52. The van der Waals surface area contributed by atoms with Gasteiger partial charge in [0.2, 0.25) is 0 Å². The molecule has 1 aliphatic carbocycles. The van der Waals surface area contributed by atoms with Gasteiger partial charge in [0.1, 0.15) is 0 Å². The van der Waals surface area contributed by atoms with E-state index in [0.29, 0.717) is 0 Å². The minimum atomic E-state index is -2.15. The molecule has 0 atom stereocenters. The molecule has 0 fully saturated rings. The van der Waals surface area contributed by atoms with Gasteiger partial charge in [-0.05, 0) is 26.8 Å². The molecule has 0 amide bonds. The van der Waals surface area contributed by atoms with Gasteiger partial charge in [0.05, 0.1) is 7.05 Å². The van der Waals surface area contributed by atoms with Gasteiger partial charge in [0, 0.05) is 49.7 Å². The van der Waals surface area contributed by atoms with Crippen molar-refractivity contribution in [3.05, 3.63) is 139 Å². The van der Waals surface area contributed by atoms with Gasteiger partial charge >= 0.3 is 0 Å². The van der Waals surface area contributed by atoms with Crippen molar-refractivity contribution in [1.29, 1.82) is 0 Å². The summed E-state index contributed by atoms with van der Waals surface area (Å²) in [6.07, 6.45) is 10.6. The predicted molar refractivity (Wildman–Crippen MR) is 144 cm³/mol. The normalized spacial score (nSPS) is 12.0. The first-order valence-corrected chi connectivity index (χ1v) is 12.7. The minimum absolute atomic E-state index is 0. The average Bonchev–Trinajstić information content (AvgIpc) is 3.32. The SMILES string of the molecule is C=CC=C.Cc1ccc(P(=NC2=CC=CC2)(c2ccc(C)cc2)c2ccc(C)cc2)cc1.[Ti]. The zero-order valence-corrected chi connectivity index (χ0v) is 22.3. The smallest absolute Gasteiger partial charge is 0.0608 e. The molecule has 4 rings (SSSR count). The third kappa shape index (κ3) is 6.55. The van der Waals surface area contributed by atoms with E-state index in [0.717, 1.165) is 12.1 Å². The molecule has 0 spiro atoms. The van der Waals surface area contributed by atoms with Crippen LogP contribution >= 0.6 is 7.05 Å². The van der Waals surface area contributed by atoms with Crippen molar-refractivity contribution in [2.45, 2.75) is 27.2 Å². The quantitative estimate of drug-likeness (QED) is 0.205. The summed E-state index contributed by atoms with van der Waals surface area (Å²) in [5.74, 6) is 0. The molecule has 0 N–H and O–H groups in total. The van der Waals surface area contributed by atoms with E-state index in [-0.39, 0.29) is 21.7 Å². The summed E-state index contributed by atoms with van der Waals surface area (Å²) in [6, 6.07) is 26.9. The van der Waals surface area contributed by atoms with E-state index in [2.05, 4.69) is 125 Å². The van der Waals surface area contributed by atoms with E-state index in [9.17, 15) is 0 Å². The Balaban J connectivity index is 0.000000714. The van der Waals surface area contributed by atoms with E-state index in [4.69, 9.17) is 4.74 Å². The average molecular weight is 485 g/mol. The Kier molecular flexibility index (Phi) is 10.3. The molecule has 3 aromatic carbocycles. The first kappa shape index (κ1) is 26.8. The second-order valence-electron chi connectivity index (χ2n) is 8.00. The molecule has 0 heterocycles. The number of rotatable bonds is 5. The number of hydrogen-bond acceptors (Lipinski definition) is 1. The summed E-state index contributed by atoms with van der Waals surface area (Å²) in [7, 11) is -2.15. The van der Waals surface area contributed by atoms with Gasteiger partial charge in [0.25, 0.3) is 0 Å². The van der Waals surface area contributed by atoms with Gasteiger partial charge < -0.3 is 0 Å². The Hall–Kier alpha value is -2.44. The van der Waals surface area contributed by atoms with Crippen LogP contribution in [0, 0.1) is 20.8 Å². The number of benzene rings is 3. The van der Waals surface area contributed by atoms with E-state index < -0.39 is 7.05 Å². The summed E-state index contributed by atoms with van der Waals surface area (Å²) >= 11 is 0. The fourth-order valence-corrected chi connectivity index (χ4v) is 7.12. The number of hydrogen-bond donors (Lipinski definition) is 0. The largest absolute Gasteiger partial charge is 0.258 e. The molecule has 0 saturated carbocycles. The fourth-order valence-electron chi connectivity index (χ4n) is 3.60. The first-order valence-electron chi connectivity index (χ1n) is 10.9. The first-order chi connectivity index (χ1) is 15.5. The summed E-state index contributed by atoms with van der Waals surface area (Å²) in [5, 5.41) is 3.91. The molecule has 33 heavy (non-hydrogen) atoms. The third-order valence-electron chi connectivity index (χ3n) is 5.42. The molecule has 3 aromatic rings. The Bertz CT molecular complexity index is 1060. The van der Waals surface area contributed by atoms with E-state index in [1.165, 1.54) is 32.6 Å². The van der Waals surface area contributed by atoms with Crippen molar-refractivity contribution in [1.82, 2.24) is 0 Å². The molecule has 0 saturated heterocycles. The van der Waals surface area contributed by atoms with Crippen LogP contribution in [-0.2, 0) is 21.7 Å². The zero-order chi connectivity index (χ0) is 23.0. The molecule has 3 heteroatoms. The number of allylic oxidation sites excluding steroid dienone is 5. The Morgan fingerprint density at radius 3 is 1.30 bits per heavy atom. The molecule has 1 nitrogen and oxygen atoms in total. The molecule has 0 aliphatic heterocycles. The van der Waals surface area contributed by atoms with Crippen molar-refractivity contribution in [2.75, 3.05) is 0 Å². The molecular weight excluding hydrogens is 453 g/mol. The maximum absolute atomic E-state index is 5.52. The topological polar surface area (TPSA) is 12.4 Å². The maximum Gasteiger partial charge on any atom is 0.0608 e. The standard InChI is InChI=1S/C26H26NP.C4H6.Ti/c1-20-8-14-24(15-9-20)28(27-23-6-4-5-7-23,25-16-10-21(2)11-17-25)26-18-12-22(3)13-19-26;1-3-4-2;/h4-6,8-19H,7H2,1-3H3;3-4H,1-2H2;. The van der Waals surface area contributed by atoms with Crippen LogP contribution in [0.3, 0.4) is 0 Å². The van der Waals surface area contributed by atoms with Crippen LogP contribution in [0.4, 0.5) is 0 Å². The fraction of sp³-hybridized carbons (Fsp3) is 0.133. The predicted octanol–water partition coefficient (Wildman–Crippen LogP) is 7.29. The van der Waals surface area contributed by atoms with Gasteiger partial charge in [-0.2, -0.15) is 0 Å². The molecule has 0 radical (unpaired) electrons. The monoisotopic (exact) mass is 485 g/mol. The van der Waals surface area contributed by atoms with Crippen LogP contribution in [-0.4, -0.2) is 0 Å². The second-order valence-corrected chi connectivity index (χ2v) is 11.0. The van der Waals surface area contributed by atoms with Gasteiger partial charge in [0.15, 0.2) is 0 Å². The van der Waals surface area contributed by atoms with Gasteiger partial charge in [-0.25, -0.2) is 0 Å². The van der Waals surface area contributed by atoms with Gasteiger partial charge in [-0.15, -0.1) is 0 Å². The van der Waals surface area contributed by atoms with Crippen LogP contribution in [0.25, 0.3) is 0 Å². The van der Waals surface area contributed by atoms with Crippen molar-refractivity contribution in [3.8, 4) is 0 Å². The van der Waals surface area contributed by atoms with E-state index in [1.807, 2.05) is 0 Å². The third-order valence-corrected chi connectivity index (χ3v) is 9.11. The van der Waals surface area contributed by atoms with Crippen LogP contribution < -0.4 is 15.9 Å². The molecule has 0 aromatic heterocycles. The van der Waals surface area contributed by atoms with Crippen LogP contribution in [0.5, 0.6) is 0 Å². The van der Waals surface area contributed by atoms with Gasteiger partial charge in [-0.3, -0.25) is 4.74 Å². The second kappa shape index (κ2) is 12.7. The molecule has 166 valence electrons. The Morgan fingerprint density at radius 1 is 0.667 bits per heavy atom. The number of nitrogens with zero attached hydrogens (tertiary/aromatic N) is 1. The minimum Gasteiger partial charge on any atom is -0.258 e. The number of aryl methyl sites for hydroxylation is 3. The van der Waals surface area contributed by atoms with Crippen LogP contribution in [0.1, 0.15) is 23.1 Å². The molecule has 1 aliphatic rings. The van der Waals surface area contributed by atoms with Crippen molar-refractivity contribution >= 4 is 23.0 Å². The van der Waals surface area contributed by atoms with Crippen molar-refractivity contribution in [3.63, 3.8) is 0 Å². The molecule has 0 unspecified atom stereocenters. The van der Waals surface area contributed by atoms with E-state index >= 15 is 0 Å². The zero-order valence-electron chi connectivity index (χ0n) is 19.8. The van der Waals surface area contributed by atoms with Crippen LogP contribution in [0.2, 0.25) is 0 Å². The van der Waals surface area contributed by atoms with Crippen LogP contribution in [0.15, 0.2) is 127 Å². The molecule has 0 bridgehead atoms. The summed E-state index contributed by atoms with van der Waals surface area (Å²) in [5.41, 5.74) is 4.99. The van der Waals surface area contributed by atoms with E-state index in [1.54, 1.807) is 12.2 Å². The van der Waals surface area contributed by atoms with Crippen molar-refractivity contribution < 1.29 is 21.7 Å². The van der Waals surface area contributed by atoms with Gasteiger partial charge in [-0.1, -0.05) is 127 Å².